The molecule has 0 saturated carbocycles. The number of rotatable bonds is 7. The molecule has 0 heterocycles. The minimum Gasteiger partial charge on any atom is -0.396 e. The molecule has 0 aliphatic rings. The summed E-state index contributed by atoms with van der Waals surface area (Å²) in [6, 6.07) is 2.45. The second kappa shape index (κ2) is 8.31. The lowest BCUT2D eigenvalue weighted by Crippen LogP contribution is -2.41. The van der Waals surface area contributed by atoms with E-state index < -0.39 is 23.4 Å². The van der Waals surface area contributed by atoms with Gasteiger partial charge < -0.3 is 15.7 Å². The van der Waals surface area contributed by atoms with Crippen molar-refractivity contribution < 1.29 is 23.5 Å². The molecule has 1 aromatic carbocycles. The number of carbonyl (C=O) groups is 2. The van der Waals surface area contributed by atoms with E-state index in [4.69, 9.17) is 5.11 Å². The molecule has 0 aliphatic heterocycles. The number of amides is 2. The third-order valence-corrected chi connectivity index (χ3v) is 2.79. The normalized spacial score (nSPS) is 11.8. The Bertz CT molecular complexity index is 509. The lowest BCUT2D eigenvalue weighted by molar-refractivity contribution is -0.120. The number of aliphatic hydroxyl groups is 1. The third kappa shape index (κ3) is 5.86. The molecule has 2 amide bonds. The van der Waals surface area contributed by atoms with E-state index in [2.05, 4.69) is 10.6 Å². The summed E-state index contributed by atoms with van der Waals surface area (Å²) in [6.07, 6.45) is 1.18. The summed E-state index contributed by atoms with van der Waals surface area (Å²) in [5, 5.41) is 13.5. The zero-order chi connectivity index (χ0) is 15.8. The molecule has 1 unspecified atom stereocenters. The van der Waals surface area contributed by atoms with Gasteiger partial charge in [-0.3, -0.25) is 9.59 Å². The molecule has 7 heteroatoms. The molecule has 0 aromatic heterocycles. The van der Waals surface area contributed by atoms with Crippen molar-refractivity contribution in [2.75, 3.05) is 13.2 Å². The van der Waals surface area contributed by atoms with Crippen molar-refractivity contribution in [3.05, 3.63) is 35.4 Å². The Labute approximate surface area is 121 Å². The summed E-state index contributed by atoms with van der Waals surface area (Å²) in [5.41, 5.74) is -0.322. The first-order valence-corrected chi connectivity index (χ1v) is 6.57. The molecule has 1 rings (SSSR count). The SMILES string of the molecule is CC(CCCO)NC(=O)CNC(=O)c1ccc(F)cc1F. The van der Waals surface area contributed by atoms with Crippen molar-refractivity contribution in [1.82, 2.24) is 10.6 Å². The fraction of sp³-hybridized carbons (Fsp3) is 0.429. The molecule has 3 N–H and O–H groups in total. The molecule has 0 bridgehead atoms. The Morgan fingerprint density at radius 1 is 1.33 bits per heavy atom. The second-order valence-corrected chi connectivity index (χ2v) is 4.64. The maximum Gasteiger partial charge on any atom is 0.254 e. The van der Waals surface area contributed by atoms with Gasteiger partial charge >= 0.3 is 0 Å². The van der Waals surface area contributed by atoms with Crippen LogP contribution in [0.5, 0.6) is 0 Å². The van der Waals surface area contributed by atoms with Gasteiger partial charge in [0.2, 0.25) is 5.91 Å². The number of carbonyl (C=O) groups excluding carboxylic acids is 2. The lowest BCUT2D eigenvalue weighted by Gasteiger charge is -2.13. The predicted molar refractivity (Wildman–Crippen MR) is 72.6 cm³/mol. The van der Waals surface area contributed by atoms with Gasteiger partial charge in [-0.1, -0.05) is 0 Å². The summed E-state index contributed by atoms with van der Waals surface area (Å²) < 4.78 is 26.1. The molecule has 0 radical (unpaired) electrons. The summed E-state index contributed by atoms with van der Waals surface area (Å²) in [5.74, 6) is -2.97. The first-order valence-electron chi connectivity index (χ1n) is 6.57. The molecule has 1 aromatic rings. The summed E-state index contributed by atoms with van der Waals surface area (Å²) in [6.45, 7) is 1.51. The monoisotopic (exact) mass is 300 g/mol. The highest BCUT2D eigenvalue weighted by molar-refractivity contribution is 5.96. The highest BCUT2D eigenvalue weighted by Gasteiger charge is 2.14. The van der Waals surface area contributed by atoms with E-state index in [1.807, 2.05) is 0 Å². The molecule has 21 heavy (non-hydrogen) atoms. The molecule has 116 valence electrons. The molecule has 0 spiro atoms. The van der Waals surface area contributed by atoms with Crippen LogP contribution in [-0.4, -0.2) is 36.1 Å². The van der Waals surface area contributed by atoms with Gasteiger partial charge in [0.25, 0.3) is 5.91 Å². The molecule has 0 fully saturated rings. The molecule has 5 nitrogen and oxygen atoms in total. The maximum atomic E-state index is 13.3. The zero-order valence-electron chi connectivity index (χ0n) is 11.7. The minimum atomic E-state index is -0.982. The number of hydrogen-bond acceptors (Lipinski definition) is 3. The average Bonchev–Trinajstić information content (AvgIpc) is 2.42. The van der Waals surface area contributed by atoms with E-state index in [0.717, 1.165) is 12.1 Å². The Hall–Kier alpha value is -2.02. The van der Waals surface area contributed by atoms with Gasteiger partial charge in [-0.25, -0.2) is 8.78 Å². The fourth-order valence-corrected chi connectivity index (χ4v) is 1.72. The quantitative estimate of drug-likeness (QED) is 0.702. The van der Waals surface area contributed by atoms with E-state index in [1.165, 1.54) is 0 Å². The Morgan fingerprint density at radius 2 is 2.05 bits per heavy atom. The van der Waals surface area contributed by atoms with Gasteiger partial charge in [-0.2, -0.15) is 0 Å². The maximum absolute atomic E-state index is 13.3. The molecular weight excluding hydrogens is 282 g/mol. The van der Waals surface area contributed by atoms with Crippen LogP contribution in [0.3, 0.4) is 0 Å². The lowest BCUT2D eigenvalue weighted by atomic mass is 10.2. The number of nitrogens with one attached hydrogen (secondary N) is 2. The highest BCUT2D eigenvalue weighted by Crippen LogP contribution is 2.09. The van der Waals surface area contributed by atoms with Crippen LogP contribution in [0.4, 0.5) is 8.78 Å². The zero-order valence-corrected chi connectivity index (χ0v) is 11.7. The van der Waals surface area contributed by atoms with Gasteiger partial charge in [-0.15, -0.1) is 0 Å². The number of aliphatic hydroxyl groups excluding tert-OH is 1. The van der Waals surface area contributed by atoms with Crippen LogP contribution in [0.25, 0.3) is 0 Å². The van der Waals surface area contributed by atoms with Gasteiger partial charge in [0.05, 0.1) is 12.1 Å². The number of hydrogen-bond donors (Lipinski definition) is 3. The van der Waals surface area contributed by atoms with E-state index in [1.54, 1.807) is 6.92 Å². The van der Waals surface area contributed by atoms with Crippen molar-refractivity contribution in [2.45, 2.75) is 25.8 Å². The number of halogens is 2. The predicted octanol–water partition coefficient (Wildman–Crippen LogP) is 0.972. The molecule has 0 aliphatic carbocycles. The van der Waals surface area contributed by atoms with E-state index in [0.29, 0.717) is 18.9 Å². The first-order chi connectivity index (χ1) is 9.93. The Balaban J connectivity index is 2.43. The van der Waals surface area contributed by atoms with Gasteiger partial charge in [0.1, 0.15) is 11.6 Å². The van der Waals surface area contributed by atoms with E-state index >= 15 is 0 Å². The van der Waals surface area contributed by atoms with Crippen LogP contribution in [-0.2, 0) is 4.79 Å². The summed E-state index contributed by atoms with van der Waals surface area (Å²) in [4.78, 5) is 23.2. The largest absolute Gasteiger partial charge is 0.396 e. The van der Waals surface area contributed by atoms with Crippen LogP contribution in [0, 0.1) is 11.6 Å². The van der Waals surface area contributed by atoms with E-state index in [9.17, 15) is 18.4 Å². The van der Waals surface area contributed by atoms with Crippen molar-refractivity contribution in [3.8, 4) is 0 Å². The second-order valence-electron chi connectivity index (χ2n) is 4.64. The van der Waals surface area contributed by atoms with Crippen molar-refractivity contribution in [1.29, 1.82) is 0 Å². The summed E-state index contributed by atoms with van der Waals surface area (Å²) >= 11 is 0. The number of benzene rings is 1. The van der Waals surface area contributed by atoms with E-state index in [-0.39, 0.29) is 24.8 Å². The van der Waals surface area contributed by atoms with Crippen LogP contribution >= 0.6 is 0 Å². The van der Waals surface area contributed by atoms with Gasteiger partial charge in [0, 0.05) is 18.7 Å². The third-order valence-electron chi connectivity index (χ3n) is 2.79. The van der Waals surface area contributed by atoms with Crippen LogP contribution in [0.1, 0.15) is 30.1 Å². The topological polar surface area (TPSA) is 78.4 Å². The standard InChI is InChI=1S/C14H18F2N2O3/c1-9(3-2-6-19)18-13(20)8-17-14(21)11-5-4-10(15)7-12(11)16/h4-5,7,9,19H,2-3,6,8H2,1H3,(H,17,21)(H,18,20). The highest BCUT2D eigenvalue weighted by atomic mass is 19.1. The smallest absolute Gasteiger partial charge is 0.254 e. The van der Waals surface area contributed by atoms with Crippen LogP contribution in [0.15, 0.2) is 18.2 Å². The minimum absolute atomic E-state index is 0.0425. The fourth-order valence-electron chi connectivity index (χ4n) is 1.72. The van der Waals surface area contributed by atoms with Gasteiger partial charge in [0.15, 0.2) is 0 Å². The molecule has 1 atom stereocenters. The van der Waals surface area contributed by atoms with Gasteiger partial charge in [-0.05, 0) is 31.9 Å². The molecule has 0 saturated heterocycles. The van der Waals surface area contributed by atoms with Crippen LogP contribution in [0.2, 0.25) is 0 Å². The van der Waals surface area contributed by atoms with Crippen LogP contribution < -0.4 is 10.6 Å². The van der Waals surface area contributed by atoms with Crippen molar-refractivity contribution >= 4 is 11.8 Å². The Morgan fingerprint density at radius 3 is 2.67 bits per heavy atom. The summed E-state index contributed by atoms with van der Waals surface area (Å²) in [7, 11) is 0. The molecular formula is C14H18F2N2O3. The van der Waals surface area contributed by atoms with Crippen molar-refractivity contribution in [3.63, 3.8) is 0 Å². The van der Waals surface area contributed by atoms with Crippen molar-refractivity contribution in [2.24, 2.45) is 0 Å². The average molecular weight is 300 g/mol. The first kappa shape index (κ1) is 17.0. The Kier molecular flexibility index (Phi) is 6.74.